The zero-order valence-electron chi connectivity index (χ0n) is 10.6. The second-order valence-corrected chi connectivity index (χ2v) is 6.20. The first-order chi connectivity index (χ1) is 9.42. The Kier molecular flexibility index (Phi) is 4.12. The normalized spacial score (nSPS) is 11.2. The highest BCUT2D eigenvalue weighted by Gasteiger charge is 2.16. The highest BCUT2D eigenvalue weighted by molar-refractivity contribution is 7.92. The second-order valence-electron chi connectivity index (χ2n) is 4.11. The Labute approximate surface area is 122 Å². The van der Waals surface area contributed by atoms with Gasteiger partial charge in [-0.3, -0.25) is 4.72 Å². The molecule has 106 valence electrons. The molecule has 0 radical (unpaired) electrons. The molecule has 0 atom stereocenters. The van der Waals surface area contributed by atoms with Crippen molar-refractivity contribution < 1.29 is 8.42 Å². The van der Waals surface area contributed by atoms with Crippen molar-refractivity contribution in [3.8, 4) is 0 Å². The van der Waals surface area contributed by atoms with Gasteiger partial charge in [-0.25, -0.2) is 19.2 Å². The molecule has 0 saturated carbocycles. The molecule has 0 spiro atoms. The van der Waals surface area contributed by atoms with Crippen LogP contribution < -0.4 is 16.0 Å². The van der Waals surface area contributed by atoms with Crippen molar-refractivity contribution in [1.82, 2.24) is 4.98 Å². The van der Waals surface area contributed by atoms with Crippen LogP contribution in [0, 0.1) is 6.92 Å². The van der Waals surface area contributed by atoms with Crippen LogP contribution in [0.3, 0.4) is 0 Å². The molecule has 1 aromatic heterocycles. The molecule has 0 unspecified atom stereocenters. The maximum atomic E-state index is 12.3. The molecule has 4 N–H and O–H groups in total. The van der Waals surface area contributed by atoms with Crippen LogP contribution in [0.4, 0.5) is 11.5 Å². The summed E-state index contributed by atoms with van der Waals surface area (Å²) < 4.78 is 27.0. The molecule has 1 aromatic carbocycles. The van der Waals surface area contributed by atoms with E-state index in [1.165, 1.54) is 18.3 Å². The van der Waals surface area contributed by atoms with Crippen molar-refractivity contribution in [3.05, 3.63) is 47.1 Å². The molecule has 2 aromatic rings. The molecule has 0 amide bonds. The first kappa shape index (κ1) is 14.6. The molecule has 8 heteroatoms. The van der Waals surface area contributed by atoms with Gasteiger partial charge in [-0.05, 0) is 30.7 Å². The summed E-state index contributed by atoms with van der Waals surface area (Å²) in [4.78, 5) is 3.90. The van der Waals surface area contributed by atoms with E-state index in [4.69, 9.17) is 17.4 Å². The fourth-order valence-electron chi connectivity index (χ4n) is 1.58. The molecule has 0 aliphatic heterocycles. The zero-order chi connectivity index (χ0) is 14.8. The minimum absolute atomic E-state index is 0.0398. The number of nitrogen functional groups attached to an aromatic ring is 1. The smallest absolute Gasteiger partial charge is 0.262 e. The quantitative estimate of drug-likeness (QED) is 0.593. The van der Waals surface area contributed by atoms with E-state index in [-0.39, 0.29) is 10.7 Å². The van der Waals surface area contributed by atoms with Crippen LogP contribution in [0.2, 0.25) is 5.02 Å². The molecule has 0 aliphatic rings. The number of halogens is 1. The Balaban J connectivity index is 2.38. The fraction of sp³-hybridized carbons (Fsp3) is 0.0833. The minimum atomic E-state index is -3.76. The van der Waals surface area contributed by atoms with Crippen LogP contribution in [0.5, 0.6) is 0 Å². The summed E-state index contributed by atoms with van der Waals surface area (Å²) in [7, 11) is -3.76. The molecule has 2 rings (SSSR count). The summed E-state index contributed by atoms with van der Waals surface area (Å²) in [6.07, 6.45) is 1.35. The van der Waals surface area contributed by atoms with Gasteiger partial charge in [-0.2, -0.15) is 0 Å². The summed E-state index contributed by atoms with van der Waals surface area (Å²) in [6.45, 7) is 1.84. The standard InChI is InChI=1S/C12H13ClN4O2S/c1-8-2-3-10(13)11(6-8)17-20(18,19)9-4-5-15-12(7-9)16-14/h2-7,17H,14H2,1H3,(H,15,16). The number of benzene rings is 1. The van der Waals surface area contributed by atoms with Crippen molar-refractivity contribution in [1.29, 1.82) is 0 Å². The molecule has 1 heterocycles. The number of nitrogens with two attached hydrogens (primary N) is 1. The lowest BCUT2D eigenvalue weighted by Crippen LogP contribution is -2.15. The van der Waals surface area contributed by atoms with E-state index in [0.717, 1.165) is 5.56 Å². The van der Waals surface area contributed by atoms with E-state index < -0.39 is 10.0 Å². The van der Waals surface area contributed by atoms with Crippen LogP contribution in [0.15, 0.2) is 41.4 Å². The van der Waals surface area contributed by atoms with Gasteiger partial charge >= 0.3 is 0 Å². The van der Waals surface area contributed by atoms with E-state index >= 15 is 0 Å². The van der Waals surface area contributed by atoms with Gasteiger partial charge in [0.05, 0.1) is 15.6 Å². The monoisotopic (exact) mass is 312 g/mol. The van der Waals surface area contributed by atoms with Crippen molar-refractivity contribution in [2.24, 2.45) is 5.84 Å². The van der Waals surface area contributed by atoms with E-state index in [0.29, 0.717) is 10.7 Å². The maximum Gasteiger partial charge on any atom is 0.262 e. The number of hydrazine groups is 1. The molecule has 0 bridgehead atoms. The SMILES string of the molecule is Cc1ccc(Cl)c(NS(=O)(=O)c2ccnc(NN)c2)c1. The number of rotatable bonds is 4. The number of aromatic nitrogens is 1. The predicted octanol–water partition coefficient (Wildman–Crippen LogP) is 2.13. The largest absolute Gasteiger partial charge is 0.308 e. The van der Waals surface area contributed by atoms with Crippen LogP contribution in [-0.4, -0.2) is 13.4 Å². The van der Waals surface area contributed by atoms with Crippen LogP contribution in [0.1, 0.15) is 5.56 Å². The summed E-state index contributed by atoms with van der Waals surface area (Å²) in [5, 5.41) is 0.324. The number of hydrogen-bond acceptors (Lipinski definition) is 5. The molecule has 0 aliphatic carbocycles. The number of nitrogens with one attached hydrogen (secondary N) is 2. The maximum absolute atomic E-state index is 12.3. The topological polar surface area (TPSA) is 97.1 Å². The highest BCUT2D eigenvalue weighted by atomic mass is 35.5. The summed E-state index contributed by atoms with van der Waals surface area (Å²) in [5.41, 5.74) is 3.51. The van der Waals surface area contributed by atoms with E-state index in [1.807, 2.05) is 6.92 Å². The number of aryl methyl sites for hydroxylation is 1. The number of pyridine rings is 1. The van der Waals surface area contributed by atoms with Gasteiger partial charge < -0.3 is 5.43 Å². The fourth-order valence-corrected chi connectivity index (χ4v) is 2.88. The average molecular weight is 313 g/mol. The average Bonchev–Trinajstić information content (AvgIpc) is 2.43. The summed E-state index contributed by atoms with van der Waals surface area (Å²) in [5.74, 6) is 5.46. The third kappa shape index (κ3) is 3.19. The van der Waals surface area contributed by atoms with E-state index in [1.54, 1.807) is 18.2 Å². The lowest BCUT2D eigenvalue weighted by atomic mass is 10.2. The van der Waals surface area contributed by atoms with Gasteiger partial charge in [0.25, 0.3) is 10.0 Å². The van der Waals surface area contributed by atoms with E-state index in [9.17, 15) is 8.42 Å². The molecular formula is C12H13ClN4O2S. The van der Waals surface area contributed by atoms with Gasteiger partial charge in [-0.15, -0.1) is 0 Å². The number of sulfonamides is 1. The third-order valence-electron chi connectivity index (χ3n) is 2.56. The van der Waals surface area contributed by atoms with Gasteiger partial charge in [0.2, 0.25) is 0 Å². The first-order valence-electron chi connectivity index (χ1n) is 5.64. The molecule has 6 nitrogen and oxygen atoms in total. The Morgan fingerprint density at radius 1 is 1.25 bits per heavy atom. The van der Waals surface area contributed by atoms with Gasteiger partial charge in [0.15, 0.2) is 0 Å². The van der Waals surface area contributed by atoms with Gasteiger partial charge in [0, 0.05) is 12.3 Å². The van der Waals surface area contributed by atoms with Crippen molar-refractivity contribution >= 4 is 33.1 Å². The van der Waals surface area contributed by atoms with Crippen LogP contribution in [-0.2, 0) is 10.0 Å². The molecule has 0 fully saturated rings. The van der Waals surface area contributed by atoms with Gasteiger partial charge in [0.1, 0.15) is 5.82 Å². The number of anilines is 2. The number of hydrogen-bond donors (Lipinski definition) is 3. The Morgan fingerprint density at radius 3 is 2.70 bits per heavy atom. The lowest BCUT2D eigenvalue weighted by Gasteiger charge is -2.11. The molecule has 20 heavy (non-hydrogen) atoms. The van der Waals surface area contributed by atoms with E-state index in [2.05, 4.69) is 15.1 Å². The predicted molar refractivity (Wildman–Crippen MR) is 79.0 cm³/mol. The Morgan fingerprint density at radius 2 is 2.00 bits per heavy atom. The highest BCUT2D eigenvalue weighted by Crippen LogP contribution is 2.25. The van der Waals surface area contributed by atoms with Crippen molar-refractivity contribution in [3.63, 3.8) is 0 Å². The summed E-state index contributed by atoms with van der Waals surface area (Å²) in [6, 6.07) is 7.78. The lowest BCUT2D eigenvalue weighted by molar-refractivity contribution is 0.601. The molecular weight excluding hydrogens is 300 g/mol. The van der Waals surface area contributed by atoms with Crippen LogP contribution in [0.25, 0.3) is 0 Å². The van der Waals surface area contributed by atoms with Crippen molar-refractivity contribution in [2.45, 2.75) is 11.8 Å². The zero-order valence-corrected chi connectivity index (χ0v) is 12.2. The Hall–Kier alpha value is -1.83. The number of nitrogens with zero attached hydrogens (tertiary/aromatic N) is 1. The summed E-state index contributed by atoms with van der Waals surface area (Å²) >= 11 is 5.98. The van der Waals surface area contributed by atoms with Gasteiger partial charge in [-0.1, -0.05) is 17.7 Å². The second kappa shape index (κ2) is 5.66. The first-order valence-corrected chi connectivity index (χ1v) is 7.50. The molecule has 0 saturated heterocycles. The Bertz CT molecular complexity index is 734. The third-order valence-corrected chi connectivity index (χ3v) is 4.25. The van der Waals surface area contributed by atoms with Crippen LogP contribution >= 0.6 is 11.6 Å². The minimum Gasteiger partial charge on any atom is -0.308 e. The van der Waals surface area contributed by atoms with Crippen molar-refractivity contribution in [2.75, 3.05) is 10.1 Å².